The van der Waals surface area contributed by atoms with Gasteiger partial charge in [-0.15, -0.1) is 0 Å². The molecule has 0 atom stereocenters. The van der Waals surface area contributed by atoms with Crippen LogP contribution >= 0.6 is 12.2 Å². The molecule has 1 N–H and O–H groups in total. The van der Waals surface area contributed by atoms with Crippen molar-refractivity contribution in [3.8, 4) is 17.4 Å². The number of rotatable bonds is 1. The van der Waals surface area contributed by atoms with Crippen molar-refractivity contribution in [3.05, 3.63) is 39.9 Å². The molecule has 3 rings (SSSR count). The highest BCUT2D eigenvalue weighted by molar-refractivity contribution is 7.71. The maximum atomic E-state index is 9.37. The van der Waals surface area contributed by atoms with Gasteiger partial charge in [0.1, 0.15) is 16.5 Å². The number of nitrogens with one attached hydrogen (secondary N) is 1. The number of hydrogen-bond donors (Lipinski definition) is 1. The molecule has 4 nitrogen and oxygen atoms in total. The summed E-state index contributed by atoms with van der Waals surface area (Å²) in [5, 5.41) is 9.37. The summed E-state index contributed by atoms with van der Waals surface area (Å²) < 4.78 is 5.99. The molecule has 0 aliphatic carbocycles. The van der Waals surface area contributed by atoms with Gasteiger partial charge in [-0.1, -0.05) is 12.2 Å². The van der Waals surface area contributed by atoms with Crippen molar-refractivity contribution >= 4 is 12.2 Å². The zero-order valence-corrected chi connectivity index (χ0v) is 11.4. The molecule has 0 unspecified atom stereocenters. The number of hydrogen-bond acceptors (Lipinski definition) is 4. The molecule has 3 heterocycles. The summed E-state index contributed by atoms with van der Waals surface area (Å²) in [6.45, 7) is 1.79. The minimum Gasteiger partial charge on any atom is -0.464 e. The standard InChI is InChI=1S/C14H13N3OS/c1-17-5-4-11-10(8-17)13(12-3-2-6-18-12)9(7-15)14(19)16-11/h2-3,6H,4-5,8H2,1H3,(H,16,19). The number of aromatic amines is 1. The second-order valence-electron chi connectivity index (χ2n) is 4.74. The number of likely N-dealkylation sites (N-methyl/N-ethyl adjacent to an activating group) is 1. The molecule has 0 saturated heterocycles. The minimum atomic E-state index is 0.497. The van der Waals surface area contributed by atoms with Crippen molar-refractivity contribution in [2.45, 2.75) is 13.0 Å². The number of pyridine rings is 1. The predicted octanol–water partition coefficient (Wildman–Crippen LogP) is 2.86. The van der Waals surface area contributed by atoms with Crippen molar-refractivity contribution in [1.82, 2.24) is 9.88 Å². The Balaban J connectivity index is 2.34. The van der Waals surface area contributed by atoms with E-state index >= 15 is 0 Å². The van der Waals surface area contributed by atoms with Gasteiger partial charge in [0, 0.05) is 30.8 Å². The van der Waals surface area contributed by atoms with Crippen molar-refractivity contribution in [2.75, 3.05) is 13.6 Å². The normalized spacial score (nSPS) is 14.9. The SMILES string of the molecule is CN1CCc2[nH]c(=S)c(C#N)c(-c3ccco3)c2C1. The maximum Gasteiger partial charge on any atom is 0.135 e. The van der Waals surface area contributed by atoms with Crippen LogP contribution in [0, 0.1) is 16.0 Å². The summed E-state index contributed by atoms with van der Waals surface area (Å²) in [5.74, 6) is 0.711. The molecular weight excluding hydrogens is 258 g/mol. The molecule has 0 aromatic carbocycles. The van der Waals surface area contributed by atoms with Gasteiger partial charge < -0.3 is 14.3 Å². The Hall–Kier alpha value is -1.90. The lowest BCUT2D eigenvalue weighted by atomic mass is 9.95. The van der Waals surface area contributed by atoms with Gasteiger partial charge in [0.2, 0.25) is 0 Å². The average Bonchev–Trinajstić information content (AvgIpc) is 2.91. The third kappa shape index (κ3) is 1.99. The second kappa shape index (κ2) is 4.65. The number of nitriles is 1. The molecule has 1 aliphatic heterocycles. The fourth-order valence-corrected chi connectivity index (χ4v) is 2.80. The summed E-state index contributed by atoms with van der Waals surface area (Å²) in [6.07, 6.45) is 2.53. The Morgan fingerprint density at radius 3 is 3.05 bits per heavy atom. The highest BCUT2D eigenvalue weighted by atomic mass is 32.1. The zero-order valence-electron chi connectivity index (χ0n) is 10.6. The minimum absolute atomic E-state index is 0.497. The van der Waals surface area contributed by atoms with Gasteiger partial charge in [-0.2, -0.15) is 5.26 Å². The topological polar surface area (TPSA) is 56.0 Å². The molecule has 1 aliphatic rings. The zero-order chi connectivity index (χ0) is 13.4. The number of H-pyrrole nitrogens is 1. The highest BCUT2D eigenvalue weighted by Crippen LogP contribution is 2.32. The molecule has 96 valence electrons. The van der Waals surface area contributed by atoms with Crippen molar-refractivity contribution in [3.63, 3.8) is 0 Å². The van der Waals surface area contributed by atoms with Gasteiger partial charge in [-0.05, 0) is 24.7 Å². The second-order valence-corrected chi connectivity index (χ2v) is 5.15. The summed E-state index contributed by atoms with van der Waals surface area (Å²) in [7, 11) is 2.07. The van der Waals surface area contributed by atoms with Crippen LogP contribution in [0.4, 0.5) is 0 Å². The van der Waals surface area contributed by atoms with Crippen LogP contribution in [0.2, 0.25) is 0 Å². The maximum absolute atomic E-state index is 9.37. The molecule has 0 amide bonds. The smallest absolute Gasteiger partial charge is 0.135 e. The summed E-state index contributed by atoms with van der Waals surface area (Å²) in [6, 6.07) is 5.91. The quantitative estimate of drug-likeness (QED) is 0.810. The number of fused-ring (bicyclic) bond motifs is 1. The Bertz CT molecular complexity index is 710. The van der Waals surface area contributed by atoms with E-state index in [-0.39, 0.29) is 0 Å². The Morgan fingerprint density at radius 2 is 2.37 bits per heavy atom. The van der Waals surface area contributed by atoms with E-state index in [9.17, 15) is 5.26 Å². The van der Waals surface area contributed by atoms with Gasteiger partial charge in [-0.3, -0.25) is 0 Å². The fraction of sp³-hybridized carbons (Fsp3) is 0.286. The third-order valence-corrected chi connectivity index (χ3v) is 3.76. The Morgan fingerprint density at radius 1 is 1.53 bits per heavy atom. The van der Waals surface area contributed by atoms with E-state index in [1.54, 1.807) is 6.26 Å². The first-order chi connectivity index (χ1) is 9.20. The molecule has 2 aromatic heterocycles. The number of furan rings is 1. The first-order valence-electron chi connectivity index (χ1n) is 6.11. The van der Waals surface area contributed by atoms with E-state index in [1.165, 1.54) is 0 Å². The third-order valence-electron chi connectivity index (χ3n) is 3.46. The van der Waals surface area contributed by atoms with E-state index in [2.05, 4.69) is 23.0 Å². The van der Waals surface area contributed by atoms with Crippen LogP contribution in [0.15, 0.2) is 22.8 Å². The van der Waals surface area contributed by atoms with Gasteiger partial charge in [0.15, 0.2) is 0 Å². The molecule has 0 radical (unpaired) electrons. The van der Waals surface area contributed by atoms with Crippen LogP contribution in [0.1, 0.15) is 16.8 Å². The lowest BCUT2D eigenvalue weighted by molar-refractivity contribution is 0.310. The van der Waals surface area contributed by atoms with E-state index in [1.807, 2.05) is 12.1 Å². The molecule has 19 heavy (non-hydrogen) atoms. The van der Waals surface area contributed by atoms with E-state index < -0.39 is 0 Å². The average molecular weight is 271 g/mol. The Kier molecular flexibility index (Phi) is 2.97. The van der Waals surface area contributed by atoms with Crippen LogP contribution in [0.5, 0.6) is 0 Å². The van der Waals surface area contributed by atoms with E-state index in [0.717, 1.165) is 36.3 Å². The lowest BCUT2D eigenvalue weighted by Gasteiger charge is -2.26. The van der Waals surface area contributed by atoms with Gasteiger partial charge >= 0.3 is 0 Å². The first kappa shape index (κ1) is 12.2. The summed E-state index contributed by atoms with van der Waals surface area (Å²) in [4.78, 5) is 5.42. The molecule has 2 aromatic rings. The predicted molar refractivity (Wildman–Crippen MR) is 74.1 cm³/mol. The largest absolute Gasteiger partial charge is 0.464 e. The van der Waals surface area contributed by atoms with Crippen molar-refractivity contribution in [2.24, 2.45) is 0 Å². The summed E-state index contributed by atoms with van der Waals surface area (Å²) >= 11 is 5.29. The fourth-order valence-electron chi connectivity index (χ4n) is 2.53. The van der Waals surface area contributed by atoms with Gasteiger partial charge in [0.25, 0.3) is 0 Å². The van der Waals surface area contributed by atoms with Crippen LogP contribution in [-0.2, 0) is 13.0 Å². The van der Waals surface area contributed by atoms with Gasteiger partial charge in [-0.25, -0.2) is 0 Å². The summed E-state index contributed by atoms with van der Waals surface area (Å²) in [5.41, 5.74) is 3.58. The van der Waals surface area contributed by atoms with Crippen LogP contribution in [-0.4, -0.2) is 23.5 Å². The lowest BCUT2D eigenvalue weighted by Crippen LogP contribution is -2.28. The van der Waals surface area contributed by atoms with Crippen LogP contribution in [0.25, 0.3) is 11.3 Å². The van der Waals surface area contributed by atoms with E-state index in [0.29, 0.717) is 16.0 Å². The molecule has 0 saturated carbocycles. The highest BCUT2D eigenvalue weighted by Gasteiger charge is 2.23. The van der Waals surface area contributed by atoms with E-state index in [4.69, 9.17) is 16.6 Å². The Labute approximate surface area is 116 Å². The monoisotopic (exact) mass is 271 g/mol. The molecule has 5 heteroatoms. The van der Waals surface area contributed by atoms with Gasteiger partial charge in [0.05, 0.1) is 11.8 Å². The molecule has 0 fully saturated rings. The molecule has 0 spiro atoms. The van der Waals surface area contributed by atoms with Crippen LogP contribution < -0.4 is 0 Å². The van der Waals surface area contributed by atoms with Crippen molar-refractivity contribution in [1.29, 1.82) is 5.26 Å². The number of nitrogens with zero attached hydrogens (tertiary/aromatic N) is 2. The first-order valence-corrected chi connectivity index (χ1v) is 6.52. The van der Waals surface area contributed by atoms with Crippen molar-refractivity contribution < 1.29 is 4.42 Å². The molecular formula is C14H13N3OS. The number of aromatic nitrogens is 1. The van der Waals surface area contributed by atoms with Crippen LogP contribution in [0.3, 0.4) is 0 Å². The molecule has 0 bridgehead atoms.